The lowest BCUT2D eigenvalue weighted by Gasteiger charge is -2.17. The van der Waals surface area contributed by atoms with Crippen LogP contribution in [0, 0.1) is 4.64 Å². The average Bonchev–Trinajstić information content (AvgIpc) is 3.31. The predicted octanol–water partition coefficient (Wildman–Crippen LogP) is -2.50. The van der Waals surface area contributed by atoms with E-state index in [0.29, 0.717) is 23.7 Å². The number of carbonyl (C=O) groups excluding carboxylic acids is 1. The molecule has 1 aliphatic heterocycles. The number of ether oxygens (including phenoxy) is 1. The second-order valence-corrected chi connectivity index (χ2v) is 7.24. The lowest BCUT2D eigenvalue weighted by molar-refractivity contribution is -0.122. The van der Waals surface area contributed by atoms with E-state index in [0.717, 1.165) is 0 Å². The van der Waals surface area contributed by atoms with Crippen molar-refractivity contribution in [3.8, 4) is 0 Å². The predicted molar refractivity (Wildman–Crippen MR) is 111 cm³/mol. The number of nitrogens with one attached hydrogen (secondary N) is 3. The molecule has 1 amide bonds. The van der Waals surface area contributed by atoms with Crippen LogP contribution in [0.5, 0.6) is 0 Å². The van der Waals surface area contributed by atoms with Gasteiger partial charge < -0.3 is 46.5 Å². The Labute approximate surface area is 181 Å². The number of rotatable bonds is 9. The smallest absolute Gasteiger partial charge is 0.239 e. The molecule has 2 aromatic rings. The minimum absolute atomic E-state index is 0.218. The van der Waals surface area contributed by atoms with Crippen LogP contribution >= 0.6 is 12.2 Å². The van der Waals surface area contributed by atoms with Crippen LogP contribution in [0.4, 0.5) is 5.95 Å². The first-order valence-corrected chi connectivity index (χ1v) is 9.90. The van der Waals surface area contributed by atoms with E-state index in [4.69, 9.17) is 27.8 Å². The van der Waals surface area contributed by atoms with Gasteiger partial charge in [0.2, 0.25) is 11.9 Å². The average molecular weight is 455 g/mol. The van der Waals surface area contributed by atoms with E-state index in [-0.39, 0.29) is 11.2 Å². The normalized spacial score (nSPS) is 24.7. The summed E-state index contributed by atoms with van der Waals surface area (Å²) in [6.07, 6.45) is 0.458. The maximum absolute atomic E-state index is 11.5. The molecule has 0 aliphatic carbocycles. The van der Waals surface area contributed by atoms with Gasteiger partial charge in [-0.2, -0.15) is 0 Å². The molecule has 1 saturated heterocycles. The van der Waals surface area contributed by atoms with Gasteiger partial charge in [-0.25, -0.2) is 9.97 Å². The highest BCUT2D eigenvalue weighted by molar-refractivity contribution is 7.71. The number of fused-ring (bicyclic) bond motifs is 1. The fraction of sp³-hybridized carbons (Fsp3) is 0.529. The summed E-state index contributed by atoms with van der Waals surface area (Å²) in [6.45, 7) is -0.267. The van der Waals surface area contributed by atoms with Crippen molar-refractivity contribution >= 4 is 35.2 Å². The lowest BCUT2D eigenvalue weighted by atomic mass is 10.1. The summed E-state index contributed by atoms with van der Waals surface area (Å²) in [5.41, 5.74) is 6.20. The molecule has 31 heavy (non-hydrogen) atoms. The number of aliphatic hydroxyl groups is 4. The van der Waals surface area contributed by atoms with Gasteiger partial charge in [0.15, 0.2) is 10.9 Å². The molecule has 0 spiro atoms. The Balaban J connectivity index is 1.67. The number of carbonyl (C=O) groups is 1. The van der Waals surface area contributed by atoms with E-state index in [1.165, 1.54) is 10.9 Å². The van der Waals surface area contributed by atoms with E-state index < -0.39 is 49.7 Å². The van der Waals surface area contributed by atoms with Gasteiger partial charge in [0, 0.05) is 13.1 Å². The summed E-state index contributed by atoms with van der Waals surface area (Å²) >= 11 is 5.28. The molecular formula is C17H25N7O6S. The standard InChI is InChI=1S/C17H25N7O6S/c18-8(5-25)14(29)19-3-1-2-4-20-17-22-13-10(15(31)23-17)21-7-24(13)16-12(28)11(27)9(6-26)30-16/h1-2,7-9,11-12,16,25-28H,3-6,18H2,(H,19,29)(H2,20,22,23,31)/t8?,9-,11?,12+,16-/m1/s1. The second kappa shape index (κ2) is 10.2. The minimum atomic E-state index is -1.27. The fourth-order valence-corrected chi connectivity index (χ4v) is 3.26. The van der Waals surface area contributed by atoms with Crippen molar-refractivity contribution in [1.29, 1.82) is 0 Å². The summed E-state index contributed by atoms with van der Waals surface area (Å²) < 4.78 is 7.25. The molecule has 0 bridgehead atoms. The highest BCUT2D eigenvalue weighted by Gasteiger charge is 2.43. The Bertz CT molecular complexity index is 995. The van der Waals surface area contributed by atoms with E-state index in [1.807, 2.05) is 0 Å². The number of aliphatic hydroxyl groups excluding tert-OH is 4. The molecule has 3 rings (SSSR count). The Morgan fingerprint density at radius 3 is 2.77 bits per heavy atom. The molecule has 2 unspecified atom stereocenters. The third-order valence-electron chi connectivity index (χ3n) is 4.72. The van der Waals surface area contributed by atoms with Gasteiger partial charge in [0.25, 0.3) is 0 Å². The third kappa shape index (κ3) is 5.07. The Hall–Kier alpha value is -2.46. The Morgan fingerprint density at radius 2 is 2.10 bits per heavy atom. The van der Waals surface area contributed by atoms with Crippen molar-refractivity contribution in [3.05, 3.63) is 23.1 Å². The SMILES string of the molecule is NC(CO)C(=O)NCC=CCNc1nc(=S)c2ncn([C@@H]3O[C@H](CO)C(O)[C@@H]3O)c2[nH]1. The summed E-state index contributed by atoms with van der Waals surface area (Å²) in [7, 11) is 0. The number of aromatic nitrogens is 4. The molecule has 1 aliphatic rings. The van der Waals surface area contributed by atoms with Crippen LogP contribution in [0.2, 0.25) is 0 Å². The monoisotopic (exact) mass is 455 g/mol. The molecule has 0 aromatic carbocycles. The second-order valence-electron chi connectivity index (χ2n) is 6.85. The van der Waals surface area contributed by atoms with Crippen molar-refractivity contribution in [3.63, 3.8) is 0 Å². The van der Waals surface area contributed by atoms with Crippen molar-refractivity contribution in [2.75, 3.05) is 31.6 Å². The number of amides is 1. The van der Waals surface area contributed by atoms with Crippen molar-refractivity contribution < 1.29 is 30.0 Å². The third-order valence-corrected chi connectivity index (χ3v) is 5.00. The quantitative estimate of drug-likeness (QED) is 0.147. The first-order valence-electron chi connectivity index (χ1n) is 9.49. The van der Waals surface area contributed by atoms with Crippen molar-refractivity contribution in [2.24, 2.45) is 5.73 Å². The molecule has 3 heterocycles. The molecule has 1 fully saturated rings. The molecule has 170 valence electrons. The van der Waals surface area contributed by atoms with Crippen molar-refractivity contribution in [2.45, 2.75) is 30.6 Å². The molecular weight excluding hydrogens is 430 g/mol. The van der Waals surface area contributed by atoms with Gasteiger partial charge in [-0.1, -0.05) is 24.4 Å². The highest BCUT2D eigenvalue weighted by atomic mass is 32.1. The number of nitrogens with zero attached hydrogens (tertiary/aromatic N) is 3. The zero-order chi connectivity index (χ0) is 22.5. The van der Waals surface area contributed by atoms with E-state index >= 15 is 0 Å². The topological polar surface area (TPSA) is 204 Å². The molecule has 13 nitrogen and oxygen atoms in total. The Kier molecular flexibility index (Phi) is 7.66. The maximum atomic E-state index is 11.5. The van der Waals surface area contributed by atoms with Crippen LogP contribution in [-0.2, 0) is 9.53 Å². The van der Waals surface area contributed by atoms with Gasteiger partial charge in [-0.3, -0.25) is 9.36 Å². The number of hydrogen-bond acceptors (Lipinski definition) is 11. The summed E-state index contributed by atoms with van der Waals surface area (Å²) in [5, 5.41) is 43.9. The van der Waals surface area contributed by atoms with Crippen molar-refractivity contribution in [1.82, 2.24) is 24.8 Å². The first-order chi connectivity index (χ1) is 14.9. The van der Waals surface area contributed by atoms with E-state index in [9.17, 15) is 20.1 Å². The van der Waals surface area contributed by atoms with Gasteiger partial charge >= 0.3 is 0 Å². The van der Waals surface area contributed by atoms with E-state index in [2.05, 4.69) is 25.6 Å². The van der Waals surface area contributed by atoms with Crippen LogP contribution in [0.1, 0.15) is 6.23 Å². The molecule has 5 atom stereocenters. The number of H-pyrrole nitrogens is 1. The van der Waals surface area contributed by atoms with Gasteiger partial charge in [-0.05, 0) is 0 Å². The molecule has 0 saturated carbocycles. The van der Waals surface area contributed by atoms with Crippen LogP contribution in [0.3, 0.4) is 0 Å². The van der Waals surface area contributed by atoms with Crippen LogP contribution in [0.15, 0.2) is 18.5 Å². The van der Waals surface area contributed by atoms with Crippen LogP contribution in [0.25, 0.3) is 11.2 Å². The fourth-order valence-electron chi connectivity index (χ4n) is 3.02. The number of anilines is 1. The van der Waals surface area contributed by atoms with Gasteiger partial charge in [0.05, 0.1) is 19.5 Å². The highest BCUT2D eigenvalue weighted by Crippen LogP contribution is 2.31. The minimum Gasteiger partial charge on any atom is -0.394 e. The zero-order valence-corrected chi connectivity index (χ0v) is 17.2. The number of hydrogen-bond donors (Lipinski definition) is 8. The number of nitrogens with two attached hydrogens (primary N) is 1. The van der Waals surface area contributed by atoms with Crippen LogP contribution < -0.4 is 16.4 Å². The van der Waals surface area contributed by atoms with Gasteiger partial charge in [0.1, 0.15) is 35.5 Å². The molecule has 9 N–H and O–H groups in total. The molecule has 2 aromatic heterocycles. The van der Waals surface area contributed by atoms with Crippen LogP contribution in [-0.4, -0.2) is 96.5 Å². The molecule has 0 radical (unpaired) electrons. The first kappa shape index (κ1) is 23.2. The van der Waals surface area contributed by atoms with E-state index in [1.54, 1.807) is 12.2 Å². The lowest BCUT2D eigenvalue weighted by Crippen LogP contribution is -2.42. The maximum Gasteiger partial charge on any atom is 0.239 e. The zero-order valence-electron chi connectivity index (χ0n) is 16.4. The number of imidazole rings is 1. The van der Waals surface area contributed by atoms with Gasteiger partial charge in [-0.15, -0.1) is 0 Å². The largest absolute Gasteiger partial charge is 0.394 e. The number of aromatic amines is 1. The summed E-state index contributed by atoms with van der Waals surface area (Å²) in [4.78, 5) is 22.9. The molecule has 14 heteroatoms. The summed E-state index contributed by atoms with van der Waals surface area (Å²) in [5.74, 6) is -0.114. The summed E-state index contributed by atoms with van der Waals surface area (Å²) in [6, 6.07) is -0.955. The Morgan fingerprint density at radius 1 is 1.35 bits per heavy atom.